The van der Waals surface area contributed by atoms with Gasteiger partial charge in [0.05, 0.1) is 11.3 Å². The molecule has 2 aromatic heterocycles. The first-order chi connectivity index (χ1) is 8.40. The van der Waals surface area contributed by atoms with E-state index in [-0.39, 0.29) is 0 Å². The Morgan fingerprint density at radius 3 is 3.00 bits per heavy atom. The Morgan fingerprint density at radius 1 is 1.24 bits per heavy atom. The van der Waals surface area contributed by atoms with Crippen molar-refractivity contribution in [3.63, 3.8) is 0 Å². The molecular weight excluding hydrogens is 214 g/mol. The second kappa shape index (κ2) is 4.13. The molecule has 17 heavy (non-hydrogen) atoms. The summed E-state index contributed by atoms with van der Waals surface area (Å²) in [5.74, 6) is 0.693. The largest absolute Gasteiger partial charge is 0.298 e. The van der Waals surface area contributed by atoms with Crippen LogP contribution in [0.2, 0.25) is 0 Å². The lowest BCUT2D eigenvalue weighted by atomic mass is 10.0. The summed E-state index contributed by atoms with van der Waals surface area (Å²) in [5.41, 5.74) is 2.97. The molecule has 1 aliphatic carbocycles. The summed E-state index contributed by atoms with van der Waals surface area (Å²) in [7, 11) is 0. The van der Waals surface area contributed by atoms with E-state index in [0.29, 0.717) is 11.4 Å². The average molecular weight is 227 g/mol. The molecule has 0 saturated heterocycles. The van der Waals surface area contributed by atoms with Crippen molar-refractivity contribution in [2.75, 3.05) is 0 Å². The molecule has 0 atom stereocenters. The van der Waals surface area contributed by atoms with Gasteiger partial charge in [-0.3, -0.25) is 9.36 Å². The number of aryl methyl sites for hydroxylation is 1. The Labute approximate surface area is 99.3 Å². The number of nitrogens with zero attached hydrogens (tertiary/aromatic N) is 3. The SMILES string of the molecule is O=Cc1cccnc1-n1cnc2c1CCCC2. The van der Waals surface area contributed by atoms with E-state index in [1.54, 1.807) is 24.7 Å². The number of aldehydes is 1. The highest BCUT2D eigenvalue weighted by Crippen LogP contribution is 2.23. The van der Waals surface area contributed by atoms with Gasteiger partial charge in [0.15, 0.2) is 6.29 Å². The molecule has 0 amide bonds. The van der Waals surface area contributed by atoms with Gasteiger partial charge in [-0.1, -0.05) is 0 Å². The van der Waals surface area contributed by atoms with E-state index >= 15 is 0 Å². The van der Waals surface area contributed by atoms with E-state index in [0.717, 1.165) is 24.8 Å². The second-order valence-electron chi connectivity index (χ2n) is 4.25. The maximum absolute atomic E-state index is 11.0. The molecule has 2 heterocycles. The summed E-state index contributed by atoms with van der Waals surface area (Å²) in [6.45, 7) is 0. The molecule has 0 fully saturated rings. The van der Waals surface area contributed by atoms with Crippen molar-refractivity contribution in [2.45, 2.75) is 25.7 Å². The standard InChI is InChI=1S/C13H13N3O/c17-8-10-4-3-7-14-13(10)16-9-15-11-5-1-2-6-12(11)16/h3-4,7-9H,1-2,5-6H2. The molecule has 86 valence electrons. The van der Waals surface area contributed by atoms with Crippen molar-refractivity contribution in [3.05, 3.63) is 41.6 Å². The second-order valence-corrected chi connectivity index (χ2v) is 4.25. The van der Waals surface area contributed by atoms with Gasteiger partial charge in [0.25, 0.3) is 0 Å². The minimum absolute atomic E-state index is 0.610. The van der Waals surface area contributed by atoms with Crippen LogP contribution in [-0.4, -0.2) is 20.8 Å². The maximum atomic E-state index is 11.0. The molecule has 1 aliphatic rings. The van der Waals surface area contributed by atoms with Gasteiger partial charge in [0.2, 0.25) is 0 Å². The zero-order valence-electron chi connectivity index (χ0n) is 9.47. The van der Waals surface area contributed by atoms with E-state index in [9.17, 15) is 4.79 Å². The highest BCUT2D eigenvalue weighted by atomic mass is 16.1. The molecule has 0 aromatic carbocycles. The van der Waals surface area contributed by atoms with Crippen molar-refractivity contribution in [2.24, 2.45) is 0 Å². The molecular formula is C13H13N3O. The van der Waals surface area contributed by atoms with Crippen molar-refractivity contribution in [1.29, 1.82) is 0 Å². The Balaban J connectivity index is 2.15. The van der Waals surface area contributed by atoms with E-state index in [4.69, 9.17) is 0 Å². The molecule has 4 nitrogen and oxygen atoms in total. The lowest BCUT2D eigenvalue weighted by Crippen LogP contribution is -2.09. The topological polar surface area (TPSA) is 47.8 Å². The van der Waals surface area contributed by atoms with Crippen molar-refractivity contribution in [1.82, 2.24) is 14.5 Å². The van der Waals surface area contributed by atoms with E-state index in [2.05, 4.69) is 9.97 Å². The molecule has 3 rings (SSSR count). The fourth-order valence-corrected chi connectivity index (χ4v) is 2.35. The van der Waals surface area contributed by atoms with Crippen LogP contribution in [0.25, 0.3) is 5.82 Å². The lowest BCUT2D eigenvalue weighted by molar-refractivity contribution is 0.112. The highest BCUT2D eigenvalue weighted by molar-refractivity contribution is 5.79. The Hall–Kier alpha value is -1.97. The summed E-state index contributed by atoms with van der Waals surface area (Å²) in [4.78, 5) is 19.7. The number of pyridine rings is 1. The van der Waals surface area contributed by atoms with E-state index < -0.39 is 0 Å². The van der Waals surface area contributed by atoms with Gasteiger partial charge in [0.1, 0.15) is 12.1 Å². The molecule has 0 aliphatic heterocycles. The fourth-order valence-electron chi connectivity index (χ4n) is 2.35. The van der Waals surface area contributed by atoms with Crippen LogP contribution in [0.15, 0.2) is 24.7 Å². The predicted octanol–water partition coefficient (Wildman–Crippen LogP) is 1.96. The number of carbonyl (C=O) groups is 1. The fraction of sp³-hybridized carbons (Fsp3) is 0.308. The van der Waals surface area contributed by atoms with E-state index in [1.807, 2.05) is 4.57 Å². The summed E-state index contributed by atoms with van der Waals surface area (Å²) in [6, 6.07) is 3.56. The van der Waals surface area contributed by atoms with Crippen molar-refractivity contribution < 1.29 is 4.79 Å². The number of imidazole rings is 1. The van der Waals surface area contributed by atoms with Gasteiger partial charge in [-0.2, -0.15) is 0 Å². The van der Waals surface area contributed by atoms with Crippen LogP contribution in [0.4, 0.5) is 0 Å². The molecule has 0 saturated carbocycles. The number of hydrogen-bond donors (Lipinski definition) is 0. The minimum atomic E-state index is 0.610. The molecule has 0 bridgehead atoms. The van der Waals surface area contributed by atoms with Gasteiger partial charge >= 0.3 is 0 Å². The molecule has 2 aromatic rings. The lowest BCUT2D eigenvalue weighted by Gasteiger charge is -2.14. The molecule has 4 heteroatoms. The van der Waals surface area contributed by atoms with Gasteiger partial charge in [-0.15, -0.1) is 0 Å². The Morgan fingerprint density at radius 2 is 2.12 bits per heavy atom. The quantitative estimate of drug-likeness (QED) is 0.737. The van der Waals surface area contributed by atoms with Crippen LogP contribution in [-0.2, 0) is 12.8 Å². The number of aromatic nitrogens is 3. The number of rotatable bonds is 2. The third-order valence-corrected chi connectivity index (χ3v) is 3.20. The number of carbonyl (C=O) groups excluding carboxylic acids is 1. The Bertz CT molecular complexity index is 560. The molecule has 0 spiro atoms. The number of hydrogen-bond acceptors (Lipinski definition) is 3. The van der Waals surface area contributed by atoms with Crippen LogP contribution < -0.4 is 0 Å². The number of fused-ring (bicyclic) bond motifs is 1. The smallest absolute Gasteiger partial charge is 0.153 e. The van der Waals surface area contributed by atoms with Crippen LogP contribution in [0.5, 0.6) is 0 Å². The first-order valence-electron chi connectivity index (χ1n) is 5.86. The van der Waals surface area contributed by atoms with Gasteiger partial charge in [-0.05, 0) is 37.8 Å². The van der Waals surface area contributed by atoms with Gasteiger partial charge in [-0.25, -0.2) is 9.97 Å². The summed E-state index contributed by atoms with van der Waals surface area (Å²) in [6.07, 6.45) is 8.77. The van der Waals surface area contributed by atoms with Crippen molar-refractivity contribution in [3.8, 4) is 5.82 Å². The zero-order valence-corrected chi connectivity index (χ0v) is 9.47. The third kappa shape index (κ3) is 1.65. The highest BCUT2D eigenvalue weighted by Gasteiger charge is 2.17. The summed E-state index contributed by atoms with van der Waals surface area (Å²) in [5, 5.41) is 0. The first kappa shape index (κ1) is 10.2. The normalized spacial score (nSPS) is 14.4. The van der Waals surface area contributed by atoms with Gasteiger partial charge in [0, 0.05) is 11.9 Å². The van der Waals surface area contributed by atoms with Crippen molar-refractivity contribution >= 4 is 6.29 Å². The average Bonchev–Trinajstić information content (AvgIpc) is 2.82. The minimum Gasteiger partial charge on any atom is -0.298 e. The third-order valence-electron chi connectivity index (χ3n) is 3.20. The van der Waals surface area contributed by atoms with Gasteiger partial charge < -0.3 is 0 Å². The first-order valence-corrected chi connectivity index (χ1v) is 5.86. The molecule has 0 N–H and O–H groups in total. The summed E-state index contributed by atoms with van der Waals surface area (Å²) >= 11 is 0. The van der Waals surface area contributed by atoms with Crippen LogP contribution in [0, 0.1) is 0 Å². The maximum Gasteiger partial charge on any atom is 0.153 e. The zero-order chi connectivity index (χ0) is 11.7. The molecule has 0 unspecified atom stereocenters. The van der Waals surface area contributed by atoms with Crippen LogP contribution >= 0.6 is 0 Å². The van der Waals surface area contributed by atoms with Crippen LogP contribution in [0.1, 0.15) is 34.6 Å². The summed E-state index contributed by atoms with van der Waals surface area (Å²) < 4.78 is 1.96. The predicted molar refractivity (Wildman–Crippen MR) is 63.4 cm³/mol. The Kier molecular flexibility index (Phi) is 2.48. The van der Waals surface area contributed by atoms with Crippen LogP contribution in [0.3, 0.4) is 0 Å². The van der Waals surface area contributed by atoms with E-state index in [1.165, 1.54) is 18.5 Å². The molecule has 0 radical (unpaired) electrons. The monoisotopic (exact) mass is 227 g/mol.